The molecule has 0 unspecified atom stereocenters. The topological polar surface area (TPSA) is 83.5 Å². The van der Waals surface area contributed by atoms with E-state index in [0.717, 1.165) is 30.4 Å². The predicted octanol–water partition coefficient (Wildman–Crippen LogP) is 2.63. The molecule has 8 heteroatoms. The Morgan fingerprint density at radius 2 is 1.93 bits per heavy atom. The molecule has 27 heavy (non-hydrogen) atoms. The quantitative estimate of drug-likeness (QED) is 0.891. The monoisotopic (exact) mass is 370 g/mol. The predicted molar refractivity (Wildman–Crippen MR) is 104 cm³/mol. The summed E-state index contributed by atoms with van der Waals surface area (Å²) in [6, 6.07) is 5.40. The van der Waals surface area contributed by atoms with Crippen molar-refractivity contribution >= 4 is 17.7 Å². The summed E-state index contributed by atoms with van der Waals surface area (Å²) in [5.41, 5.74) is 0.950. The fourth-order valence-corrected chi connectivity index (χ4v) is 3.01. The summed E-state index contributed by atoms with van der Waals surface area (Å²) in [4.78, 5) is 29.7. The number of hydrogen-bond donors (Lipinski definition) is 1. The van der Waals surface area contributed by atoms with Crippen LogP contribution in [0.1, 0.15) is 25.4 Å². The summed E-state index contributed by atoms with van der Waals surface area (Å²) in [7, 11) is 0. The number of amides is 2. The molecular weight excluding hydrogens is 344 g/mol. The molecule has 2 aromatic rings. The molecule has 3 rings (SSSR count). The molecule has 0 bridgehead atoms. The van der Waals surface area contributed by atoms with Crippen LogP contribution in [0.15, 0.2) is 24.4 Å². The smallest absolute Gasteiger partial charge is 0.323 e. The van der Waals surface area contributed by atoms with Crippen LogP contribution in [-0.2, 0) is 0 Å². The highest BCUT2D eigenvalue weighted by molar-refractivity contribution is 5.89. The van der Waals surface area contributed by atoms with Gasteiger partial charge in [0.25, 0.3) is 0 Å². The summed E-state index contributed by atoms with van der Waals surface area (Å²) in [5, 5.41) is 2.87. The summed E-state index contributed by atoms with van der Waals surface area (Å²) in [5.74, 6) is 2.70. The fraction of sp³-hybridized carbons (Fsp3) is 0.474. The first-order valence-electron chi connectivity index (χ1n) is 9.17. The Morgan fingerprint density at radius 3 is 2.59 bits per heavy atom. The van der Waals surface area contributed by atoms with Crippen molar-refractivity contribution in [2.24, 2.45) is 0 Å². The van der Waals surface area contributed by atoms with Gasteiger partial charge >= 0.3 is 6.03 Å². The highest BCUT2D eigenvalue weighted by atomic mass is 16.5. The third-order valence-corrected chi connectivity index (χ3v) is 4.20. The maximum Gasteiger partial charge on any atom is 0.323 e. The number of pyridine rings is 1. The Labute approximate surface area is 159 Å². The molecule has 1 saturated heterocycles. The summed E-state index contributed by atoms with van der Waals surface area (Å²) in [6.07, 6.45) is 1.65. The van der Waals surface area contributed by atoms with Gasteiger partial charge in [-0.2, -0.15) is 0 Å². The molecule has 144 valence electrons. The average Bonchev–Trinajstić information content (AvgIpc) is 2.62. The Balaban J connectivity index is 1.61. The van der Waals surface area contributed by atoms with Crippen LogP contribution in [0.4, 0.5) is 16.4 Å². The van der Waals surface area contributed by atoms with Crippen molar-refractivity contribution in [3.8, 4) is 5.75 Å². The van der Waals surface area contributed by atoms with Crippen LogP contribution in [-0.4, -0.2) is 58.2 Å². The van der Waals surface area contributed by atoms with Crippen molar-refractivity contribution < 1.29 is 9.53 Å². The molecule has 0 aromatic carbocycles. The van der Waals surface area contributed by atoms with Crippen LogP contribution in [0.25, 0.3) is 0 Å². The zero-order chi connectivity index (χ0) is 19.4. The number of piperazine rings is 1. The van der Waals surface area contributed by atoms with E-state index in [1.165, 1.54) is 0 Å². The maximum atomic E-state index is 12.6. The van der Waals surface area contributed by atoms with E-state index in [1.807, 2.05) is 33.8 Å². The van der Waals surface area contributed by atoms with E-state index in [4.69, 9.17) is 4.74 Å². The van der Waals surface area contributed by atoms with Crippen LogP contribution in [0.3, 0.4) is 0 Å². The minimum absolute atomic E-state index is 0.00757. The summed E-state index contributed by atoms with van der Waals surface area (Å²) < 4.78 is 5.71. The average molecular weight is 370 g/mol. The van der Waals surface area contributed by atoms with Gasteiger partial charge in [0.2, 0.25) is 0 Å². The van der Waals surface area contributed by atoms with Gasteiger partial charge in [-0.1, -0.05) is 0 Å². The molecule has 0 radical (unpaired) electrons. The molecule has 8 nitrogen and oxygen atoms in total. The minimum Gasteiger partial charge on any atom is -0.487 e. The van der Waals surface area contributed by atoms with Crippen molar-refractivity contribution in [2.75, 3.05) is 36.4 Å². The molecular formula is C19H26N6O2. The van der Waals surface area contributed by atoms with Crippen LogP contribution >= 0.6 is 0 Å². The number of rotatable bonds is 4. The van der Waals surface area contributed by atoms with E-state index in [9.17, 15) is 4.79 Å². The molecule has 1 N–H and O–H groups in total. The van der Waals surface area contributed by atoms with Crippen molar-refractivity contribution in [2.45, 2.75) is 33.8 Å². The van der Waals surface area contributed by atoms with Gasteiger partial charge in [-0.15, -0.1) is 0 Å². The second-order valence-electron chi connectivity index (χ2n) is 6.84. The lowest BCUT2D eigenvalue weighted by molar-refractivity contribution is 0.207. The first kappa shape index (κ1) is 18.9. The maximum absolute atomic E-state index is 12.6. The largest absolute Gasteiger partial charge is 0.487 e. The number of urea groups is 1. The van der Waals surface area contributed by atoms with Gasteiger partial charge in [0.05, 0.1) is 6.10 Å². The number of nitrogens with zero attached hydrogens (tertiary/aromatic N) is 5. The van der Waals surface area contributed by atoms with Gasteiger partial charge in [-0.05, 0) is 39.8 Å². The number of anilines is 2. The Morgan fingerprint density at radius 1 is 1.19 bits per heavy atom. The van der Waals surface area contributed by atoms with Gasteiger partial charge in [-0.25, -0.2) is 19.7 Å². The van der Waals surface area contributed by atoms with Gasteiger partial charge in [0, 0.05) is 44.1 Å². The van der Waals surface area contributed by atoms with E-state index >= 15 is 0 Å². The van der Waals surface area contributed by atoms with Crippen molar-refractivity contribution in [3.05, 3.63) is 35.9 Å². The third kappa shape index (κ3) is 4.84. The zero-order valence-corrected chi connectivity index (χ0v) is 16.3. The lowest BCUT2D eigenvalue weighted by Crippen LogP contribution is -2.50. The summed E-state index contributed by atoms with van der Waals surface area (Å²) >= 11 is 0. The molecule has 0 spiro atoms. The first-order chi connectivity index (χ1) is 12.9. The van der Waals surface area contributed by atoms with Gasteiger partial charge in [-0.3, -0.25) is 5.32 Å². The zero-order valence-electron chi connectivity index (χ0n) is 16.3. The number of aryl methyl sites for hydroxylation is 2. The van der Waals surface area contributed by atoms with Gasteiger partial charge in [0.1, 0.15) is 11.6 Å². The number of carbonyl (C=O) groups is 1. The second kappa shape index (κ2) is 8.20. The molecule has 1 aliphatic rings. The number of nitrogens with one attached hydrogen (secondary N) is 1. The molecule has 2 amide bonds. The van der Waals surface area contributed by atoms with E-state index in [0.29, 0.717) is 24.7 Å². The van der Waals surface area contributed by atoms with Gasteiger partial charge in [0.15, 0.2) is 11.6 Å². The van der Waals surface area contributed by atoms with Crippen LogP contribution < -0.4 is 15.0 Å². The lowest BCUT2D eigenvalue weighted by atomic mass is 10.3. The third-order valence-electron chi connectivity index (χ3n) is 4.20. The normalized spacial score (nSPS) is 14.4. The Kier molecular flexibility index (Phi) is 5.73. The summed E-state index contributed by atoms with van der Waals surface area (Å²) in [6.45, 7) is 10.4. The first-order valence-corrected chi connectivity index (χ1v) is 9.17. The molecule has 1 fully saturated rings. The highest BCUT2D eigenvalue weighted by Crippen LogP contribution is 2.23. The fourth-order valence-electron chi connectivity index (χ4n) is 3.01. The number of carbonyl (C=O) groups excluding carboxylic acids is 1. The van der Waals surface area contributed by atoms with E-state index in [-0.39, 0.29) is 12.1 Å². The molecule has 3 heterocycles. The highest BCUT2D eigenvalue weighted by Gasteiger charge is 2.23. The Bertz CT molecular complexity index is 782. The molecule has 0 atom stereocenters. The van der Waals surface area contributed by atoms with E-state index < -0.39 is 0 Å². The standard InChI is InChI=1S/C19H26N6O2/c1-13(2)27-16-6-5-7-20-18(16)23-19(26)25-10-8-24(9-11-25)17-12-14(3)21-15(4)22-17/h5-7,12-13H,8-11H2,1-4H3,(H,20,23,26). The SMILES string of the molecule is Cc1cc(N2CCN(C(=O)Nc3ncccc3OC(C)C)CC2)nc(C)n1. The number of ether oxygens (including phenoxy) is 1. The molecule has 2 aromatic heterocycles. The van der Waals surface area contributed by atoms with E-state index in [2.05, 4.69) is 25.2 Å². The second-order valence-corrected chi connectivity index (χ2v) is 6.84. The number of aromatic nitrogens is 3. The van der Waals surface area contributed by atoms with Crippen molar-refractivity contribution in [1.82, 2.24) is 19.9 Å². The molecule has 0 saturated carbocycles. The number of hydrogen-bond acceptors (Lipinski definition) is 6. The Hall–Kier alpha value is -2.90. The van der Waals surface area contributed by atoms with Crippen LogP contribution in [0, 0.1) is 13.8 Å². The van der Waals surface area contributed by atoms with Crippen molar-refractivity contribution in [1.29, 1.82) is 0 Å². The van der Waals surface area contributed by atoms with Crippen LogP contribution in [0.5, 0.6) is 5.75 Å². The lowest BCUT2D eigenvalue weighted by Gasteiger charge is -2.35. The minimum atomic E-state index is -0.169. The van der Waals surface area contributed by atoms with Crippen LogP contribution in [0.2, 0.25) is 0 Å². The molecule has 0 aliphatic carbocycles. The molecule has 1 aliphatic heterocycles. The van der Waals surface area contributed by atoms with Gasteiger partial charge < -0.3 is 14.5 Å². The van der Waals surface area contributed by atoms with Crippen molar-refractivity contribution in [3.63, 3.8) is 0 Å². The van der Waals surface area contributed by atoms with E-state index in [1.54, 1.807) is 23.2 Å².